The molecule has 4 nitrogen and oxygen atoms in total. The van der Waals surface area contributed by atoms with E-state index in [1.807, 2.05) is 33.3 Å². The van der Waals surface area contributed by atoms with Gasteiger partial charge in [-0.3, -0.25) is 5.41 Å². The molecule has 0 aromatic heterocycles. The largest absolute Gasteiger partial charge is 0.384 e. The third-order valence-corrected chi connectivity index (χ3v) is 2.88. The molecule has 1 aromatic carbocycles. The number of hydrogen-bond acceptors (Lipinski definition) is 3. The Morgan fingerprint density at radius 3 is 2.41 bits per heavy atom. The van der Waals surface area contributed by atoms with Crippen molar-refractivity contribution in [3.8, 4) is 0 Å². The number of halogens is 1. The van der Waals surface area contributed by atoms with Crippen molar-refractivity contribution >= 4 is 23.1 Å². The second-order valence-electron chi connectivity index (χ2n) is 4.30. The smallest absolute Gasteiger partial charge is 0.124 e. The van der Waals surface area contributed by atoms with Crippen molar-refractivity contribution < 1.29 is 0 Å². The Balaban J connectivity index is 2.79. The van der Waals surface area contributed by atoms with E-state index >= 15 is 0 Å². The normalized spacial score (nSPS) is 10.6. The molecule has 17 heavy (non-hydrogen) atoms. The van der Waals surface area contributed by atoms with Crippen LogP contribution < -0.4 is 10.6 Å². The van der Waals surface area contributed by atoms with Crippen LogP contribution in [0.5, 0.6) is 0 Å². The topological polar surface area (TPSA) is 56.4 Å². The molecule has 0 saturated carbocycles. The van der Waals surface area contributed by atoms with Gasteiger partial charge in [0.1, 0.15) is 5.84 Å². The predicted octanol–water partition coefficient (Wildman–Crippen LogP) is 1.62. The molecule has 0 heterocycles. The van der Waals surface area contributed by atoms with E-state index in [0.717, 1.165) is 18.8 Å². The van der Waals surface area contributed by atoms with E-state index in [0.29, 0.717) is 10.6 Å². The molecule has 0 radical (unpaired) electrons. The quantitative estimate of drug-likeness (QED) is 0.620. The van der Waals surface area contributed by atoms with Crippen LogP contribution in [0.25, 0.3) is 0 Å². The molecule has 0 amide bonds. The lowest BCUT2D eigenvalue weighted by molar-refractivity contribution is 0.416. The molecular weight excluding hydrogens is 236 g/mol. The first-order chi connectivity index (χ1) is 7.91. The van der Waals surface area contributed by atoms with Crippen LogP contribution in [0.15, 0.2) is 18.2 Å². The Morgan fingerprint density at radius 1 is 1.29 bits per heavy atom. The maximum Gasteiger partial charge on any atom is 0.124 e. The van der Waals surface area contributed by atoms with Gasteiger partial charge < -0.3 is 15.5 Å². The molecule has 0 fully saturated rings. The molecule has 0 spiro atoms. The predicted molar refractivity (Wildman–Crippen MR) is 74.3 cm³/mol. The minimum absolute atomic E-state index is 0.00232. The average Bonchev–Trinajstić information content (AvgIpc) is 2.25. The Labute approximate surface area is 107 Å². The Bertz CT molecular complexity index is 403. The van der Waals surface area contributed by atoms with Crippen molar-refractivity contribution in [2.24, 2.45) is 5.73 Å². The maximum atomic E-state index is 7.36. The summed E-state index contributed by atoms with van der Waals surface area (Å²) < 4.78 is 0. The SMILES string of the molecule is CN(C)CCN(C)c1ccc(C(=N)N)c(Cl)c1. The van der Waals surface area contributed by atoms with Gasteiger partial charge in [-0.25, -0.2) is 0 Å². The number of rotatable bonds is 5. The molecule has 5 heteroatoms. The van der Waals surface area contributed by atoms with Gasteiger partial charge in [0.2, 0.25) is 0 Å². The van der Waals surface area contributed by atoms with Gasteiger partial charge in [-0.2, -0.15) is 0 Å². The van der Waals surface area contributed by atoms with E-state index in [4.69, 9.17) is 22.7 Å². The molecule has 3 N–H and O–H groups in total. The second kappa shape index (κ2) is 5.89. The zero-order chi connectivity index (χ0) is 13.0. The van der Waals surface area contributed by atoms with Gasteiger partial charge >= 0.3 is 0 Å². The highest BCUT2D eigenvalue weighted by atomic mass is 35.5. The van der Waals surface area contributed by atoms with Crippen LogP contribution >= 0.6 is 11.6 Å². The van der Waals surface area contributed by atoms with Gasteiger partial charge in [-0.1, -0.05) is 11.6 Å². The molecule has 1 aromatic rings. The molecule has 0 bridgehead atoms. The number of amidine groups is 1. The minimum atomic E-state index is -0.00232. The highest BCUT2D eigenvalue weighted by Crippen LogP contribution is 2.22. The highest BCUT2D eigenvalue weighted by Gasteiger charge is 2.07. The molecule has 0 aliphatic heterocycles. The zero-order valence-electron chi connectivity index (χ0n) is 10.5. The summed E-state index contributed by atoms with van der Waals surface area (Å²) in [5.41, 5.74) is 7.03. The summed E-state index contributed by atoms with van der Waals surface area (Å²) in [5, 5.41) is 7.88. The van der Waals surface area contributed by atoms with E-state index < -0.39 is 0 Å². The zero-order valence-corrected chi connectivity index (χ0v) is 11.3. The van der Waals surface area contributed by atoms with E-state index in [9.17, 15) is 0 Å². The van der Waals surface area contributed by atoms with E-state index in [1.54, 1.807) is 6.07 Å². The lowest BCUT2D eigenvalue weighted by Gasteiger charge is -2.22. The van der Waals surface area contributed by atoms with E-state index in [2.05, 4.69) is 9.80 Å². The number of likely N-dealkylation sites (N-methyl/N-ethyl adjacent to an activating group) is 2. The summed E-state index contributed by atoms with van der Waals surface area (Å²) in [5.74, 6) is -0.00232. The summed E-state index contributed by atoms with van der Waals surface area (Å²) in [4.78, 5) is 4.25. The Hall–Kier alpha value is -1.26. The number of nitrogens with zero attached hydrogens (tertiary/aromatic N) is 2. The van der Waals surface area contributed by atoms with Gasteiger partial charge in [0.25, 0.3) is 0 Å². The molecule has 0 aliphatic rings. The summed E-state index contributed by atoms with van der Waals surface area (Å²) in [6.07, 6.45) is 0. The summed E-state index contributed by atoms with van der Waals surface area (Å²) in [6.45, 7) is 1.89. The first-order valence-corrected chi connectivity index (χ1v) is 5.79. The summed E-state index contributed by atoms with van der Waals surface area (Å²) >= 11 is 6.07. The molecule has 0 atom stereocenters. The van der Waals surface area contributed by atoms with Crippen LogP contribution in [-0.4, -0.2) is 45.0 Å². The highest BCUT2D eigenvalue weighted by molar-refractivity contribution is 6.34. The molecule has 0 aliphatic carbocycles. The Kier molecular flexibility index (Phi) is 4.78. The van der Waals surface area contributed by atoms with Crippen LogP contribution in [-0.2, 0) is 0 Å². The molecule has 0 unspecified atom stereocenters. The third kappa shape index (κ3) is 3.91. The standard InChI is InChI=1S/C12H19ClN4/c1-16(2)6-7-17(3)9-4-5-10(12(14)15)11(13)8-9/h4-5,8H,6-7H2,1-3H3,(H3,14,15). The first kappa shape index (κ1) is 13.8. The second-order valence-corrected chi connectivity index (χ2v) is 4.71. The number of nitrogens with two attached hydrogens (primary N) is 1. The van der Waals surface area contributed by atoms with Gasteiger partial charge in [0.05, 0.1) is 5.02 Å². The van der Waals surface area contributed by atoms with Gasteiger partial charge in [0.15, 0.2) is 0 Å². The average molecular weight is 255 g/mol. The summed E-state index contributed by atoms with van der Waals surface area (Å²) in [7, 11) is 6.10. The van der Waals surface area contributed by atoms with Crippen molar-refractivity contribution in [2.75, 3.05) is 39.1 Å². The number of anilines is 1. The van der Waals surface area contributed by atoms with Crippen LogP contribution in [0.4, 0.5) is 5.69 Å². The fourth-order valence-corrected chi connectivity index (χ4v) is 1.72. The molecule has 94 valence electrons. The van der Waals surface area contributed by atoms with Crippen molar-refractivity contribution in [2.45, 2.75) is 0 Å². The van der Waals surface area contributed by atoms with Crippen LogP contribution in [0.2, 0.25) is 5.02 Å². The molecule has 1 rings (SSSR count). The third-order valence-electron chi connectivity index (χ3n) is 2.57. The lowest BCUT2D eigenvalue weighted by Crippen LogP contribution is -2.28. The molecular formula is C12H19ClN4. The van der Waals surface area contributed by atoms with Gasteiger partial charge in [-0.15, -0.1) is 0 Å². The fourth-order valence-electron chi connectivity index (χ4n) is 1.44. The monoisotopic (exact) mass is 254 g/mol. The minimum Gasteiger partial charge on any atom is -0.384 e. The summed E-state index contributed by atoms with van der Waals surface area (Å²) in [6, 6.07) is 5.55. The van der Waals surface area contributed by atoms with Crippen molar-refractivity contribution in [3.63, 3.8) is 0 Å². The Morgan fingerprint density at radius 2 is 1.94 bits per heavy atom. The van der Waals surface area contributed by atoms with Crippen LogP contribution in [0.3, 0.4) is 0 Å². The lowest BCUT2D eigenvalue weighted by atomic mass is 10.2. The maximum absolute atomic E-state index is 7.36. The number of nitrogen functional groups attached to an aromatic ring is 1. The molecule has 0 saturated heterocycles. The van der Waals surface area contributed by atoms with Crippen molar-refractivity contribution in [3.05, 3.63) is 28.8 Å². The van der Waals surface area contributed by atoms with Gasteiger partial charge in [-0.05, 0) is 32.3 Å². The number of hydrogen-bond donors (Lipinski definition) is 2. The van der Waals surface area contributed by atoms with Crippen molar-refractivity contribution in [1.29, 1.82) is 5.41 Å². The first-order valence-electron chi connectivity index (χ1n) is 5.41. The van der Waals surface area contributed by atoms with E-state index in [1.165, 1.54) is 0 Å². The van der Waals surface area contributed by atoms with Gasteiger partial charge in [0, 0.05) is 31.4 Å². The van der Waals surface area contributed by atoms with Crippen molar-refractivity contribution in [1.82, 2.24) is 4.90 Å². The van der Waals surface area contributed by atoms with E-state index in [-0.39, 0.29) is 5.84 Å². The van der Waals surface area contributed by atoms with Crippen LogP contribution in [0, 0.1) is 5.41 Å². The number of nitrogens with one attached hydrogen (secondary N) is 1. The fraction of sp³-hybridized carbons (Fsp3) is 0.417. The number of benzene rings is 1. The van der Waals surface area contributed by atoms with Crippen LogP contribution in [0.1, 0.15) is 5.56 Å².